The van der Waals surface area contributed by atoms with Crippen molar-refractivity contribution in [3.63, 3.8) is 0 Å². The number of carbonyl (C=O) groups is 1. The fraction of sp³-hybridized carbons (Fsp3) is 0.632. The lowest BCUT2D eigenvalue weighted by molar-refractivity contribution is -0.149. The van der Waals surface area contributed by atoms with Crippen molar-refractivity contribution in [3.05, 3.63) is 35.9 Å². The minimum Gasteiger partial charge on any atom is -0.381 e. The zero-order valence-corrected chi connectivity index (χ0v) is 15.4. The Morgan fingerprint density at radius 3 is 2.38 bits per heavy atom. The molecule has 5 heteroatoms. The molecule has 0 aliphatic rings. The van der Waals surface area contributed by atoms with E-state index in [9.17, 15) is 4.79 Å². The molecule has 0 saturated carbocycles. The summed E-state index contributed by atoms with van der Waals surface area (Å²) < 4.78 is 16.1. The van der Waals surface area contributed by atoms with Gasteiger partial charge in [-0.25, -0.2) is 0 Å². The van der Waals surface area contributed by atoms with Crippen molar-refractivity contribution in [2.45, 2.75) is 45.4 Å². The normalized spacial score (nSPS) is 12.4. The molecule has 0 fully saturated rings. The molecule has 0 bridgehead atoms. The van der Waals surface area contributed by atoms with E-state index in [0.29, 0.717) is 26.2 Å². The maximum atomic E-state index is 12.5. The Morgan fingerprint density at radius 2 is 1.79 bits per heavy atom. The molecule has 1 rings (SSSR count). The molecular formula is C19H31NO4. The lowest BCUT2D eigenvalue weighted by atomic mass is 10.2. The van der Waals surface area contributed by atoms with Crippen molar-refractivity contribution >= 4 is 5.91 Å². The second kappa shape index (κ2) is 12.0. The number of hydrogen-bond acceptors (Lipinski definition) is 4. The molecule has 0 aliphatic carbocycles. The maximum absolute atomic E-state index is 12.5. The van der Waals surface area contributed by atoms with Gasteiger partial charge in [0, 0.05) is 20.3 Å². The van der Waals surface area contributed by atoms with E-state index in [1.165, 1.54) is 5.56 Å². The number of ether oxygens (including phenoxy) is 3. The summed E-state index contributed by atoms with van der Waals surface area (Å²) in [6.45, 7) is 5.60. The van der Waals surface area contributed by atoms with Gasteiger partial charge in [-0.2, -0.15) is 0 Å². The molecule has 136 valence electrons. The molecule has 0 radical (unpaired) electrons. The largest absolute Gasteiger partial charge is 0.381 e. The van der Waals surface area contributed by atoms with Gasteiger partial charge >= 0.3 is 0 Å². The van der Waals surface area contributed by atoms with Gasteiger partial charge in [0.25, 0.3) is 0 Å². The first kappa shape index (κ1) is 20.6. The van der Waals surface area contributed by atoms with Crippen LogP contribution < -0.4 is 0 Å². The predicted molar refractivity (Wildman–Crippen MR) is 94.9 cm³/mol. The molecule has 0 saturated heterocycles. The molecule has 0 heterocycles. The van der Waals surface area contributed by atoms with E-state index in [1.807, 2.05) is 30.0 Å². The Bertz CT molecular complexity index is 448. The van der Waals surface area contributed by atoms with Gasteiger partial charge in [-0.1, -0.05) is 37.3 Å². The maximum Gasteiger partial charge on any atom is 0.225 e. The molecule has 1 aromatic rings. The summed E-state index contributed by atoms with van der Waals surface area (Å²) >= 11 is 0. The zero-order valence-electron chi connectivity index (χ0n) is 15.4. The van der Waals surface area contributed by atoms with E-state index < -0.39 is 6.29 Å². The number of amides is 1. The Kier molecular flexibility index (Phi) is 10.3. The SMILES string of the molecule is CC[C@@H](C)N(CC(OC)OC)C(=O)CCOCCc1ccccc1. The molecule has 0 spiro atoms. The second-order valence-electron chi connectivity index (χ2n) is 5.80. The van der Waals surface area contributed by atoms with Crippen LogP contribution in [0.3, 0.4) is 0 Å². The fourth-order valence-corrected chi connectivity index (χ4v) is 2.39. The lowest BCUT2D eigenvalue weighted by Crippen LogP contribution is -2.44. The number of nitrogens with zero attached hydrogens (tertiary/aromatic N) is 1. The van der Waals surface area contributed by atoms with Crippen LogP contribution in [0.25, 0.3) is 0 Å². The third-order valence-corrected chi connectivity index (χ3v) is 4.15. The van der Waals surface area contributed by atoms with Crippen molar-refractivity contribution in [2.75, 3.05) is 34.0 Å². The topological polar surface area (TPSA) is 48.0 Å². The van der Waals surface area contributed by atoms with Crippen molar-refractivity contribution in [1.82, 2.24) is 4.90 Å². The lowest BCUT2D eigenvalue weighted by Gasteiger charge is -2.31. The highest BCUT2D eigenvalue weighted by Gasteiger charge is 2.22. The number of hydrogen-bond donors (Lipinski definition) is 0. The van der Waals surface area contributed by atoms with Gasteiger partial charge in [0.05, 0.1) is 26.2 Å². The van der Waals surface area contributed by atoms with Crippen LogP contribution in [0.1, 0.15) is 32.3 Å². The molecule has 0 unspecified atom stereocenters. The molecule has 24 heavy (non-hydrogen) atoms. The van der Waals surface area contributed by atoms with Gasteiger partial charge in [-0.15, -0.1) is 0 Å². The van der Waals surface area contributed by atoms with Gasteiger partial charge in [0.15, 0.2) is 6.29 Å². The first-order chi connectivity index (χ1) is 11.6. The third kappa shape index (κ3) is 7.43. The number of benzene rings is 1. The minimum atomic E-state index is -0.401. The molecule has 1 aromatic carbocycles. The predicted octanol–water partition coefficient (Wildman–Crippen LogP) is 2.88. The standard InChI is InChI=1S/C19H31NO4/c1-5-16(2)20(15-19(22-3)23-4)18(21)12-14-24-13-11-17-9-7-6-8-10-17/h6-10,16,19H,5,11-15H2,1-4H3/t16-/m1/s1. The highest BCUT2D eigenvalue weighted by Crippen LogP contribution is 2.09. The Morgan fingerprint density at radius 1 is 1.12 bits per heavy atom. The third-order valence-electron chi connectivity index (χ3n) is 4.15. The Hall–Kier alpha value is -1.43. The summed E-state index contributed by atoms with van der Waals surface area (Å²) in [6.07, 6.45) is 1.72. The van der Waals surface area contributed by atoms with E-state index in [2.05, 4.69) is 19.1 Å². The molecule has 5 nitrogen and oxygen atoms in total. The molecule has 1 atom stereocenters. The van der Waals surface area contributed by atoms with E-state index in [1.54, 1.807) is 14.2 Å². The summed E-state index contributed by atoms with van der Waals surface area (Å²) in [5, 5.41) is 0. The minimum absolute atomic E-state index is 0.0724. The van der Waals surface area contributed by atoms with E-state index in [-0.39, 0.29) is 11.9 Å². The smallest absolute Gasteiger partial charge is 0.225 e. The van der Waals surface area contributed by atoms with Crippen molar-refractivity contribution in [1.29, 1.82) is 0 Å². The van der Waals surface area contributed by atoms with Crippen LogP contribution in [0.5, 0.6) is 0 Å². The van der Waals surface area contributed by atoms with Crippen molar-refractivity contribution < 1.29 is 19.0 Å². The van der Waals surface area contributed by atoms with Gasteiger partial charge in [0.2, 0.25) is 5.91 Å². The van der Waals surface area contributed by atoms with E-state index >= 15 is 0 Å². The summed E-state index contributed by atoms with van der Waals surface area (Å²) in [6, 6.07) is 10.3. The summed E-state index contributed by atoms with van der Waals surface area (Å²) in [5.74, 6) is 0.0724. The summed E-state index contributed by atoms with van der Waals surface area (Å²) in [4.78, 5) is 14.3. The quantitative estimate of drug-likeness (QED) is 0.435. The summed E-state index contributed by atoms with van der Waals surface area (Å²) in [5.41, 5.74) is 1.24. The Balaban J connectivity index is 2.35. The zero-order chi connectivity index (χ0) is 17.8. The first-order valence-electron chi connectivity index (χ1n) is 8.59. The first-order valence-corrected chi connectivity index (χ1v) is 8.59. The van der Waals surface area contributed by atoms with Crippen molar-refractivity contribution in [3.8, 4) is 0 Å². The average molecular weight is 337 g/mol. The monoisotopic (exact) mass is 337 g/mol. The van der Waals surface area contributed by atoms with Crippen LogP contribution in [0.2, 0.25) is 0 Å². The van der Waals surface area contributed by atoms with E-state index in [4.69, 9.17) is 14.2 Å². The Labute approximate surface area is 145 Å². The molecule has 0 aliphatic heterocycles. The van der Waals surface area contributed by atoms with Crippen LogP contribution >= 0.6 is 0 Å². The fourth-order valence-electron chi connectivity index (χ4n) is 2.39. The highest BCUT2D eigenvalue weighted by atomic mass is 16.7. The van der Waals surface area contributed by atoms with Crippen LogP contribution in [0.4, 0.5) is 0 Å². The summed E-state index contributed by atoms with van der Waals surface area (Å²) in [7, 11) is 3.17. The number of carbonyl (C=O) groups excluding carboxylic acids is 1. The molecular weight excluding hydrogens is 306 g/mol. The average Bonchev–Trinajstić information content (AvgIpc) is 2.62. The van der Waals surface area contributed by atoms with Crippen LogP contribution in [0.15, 0.2) is 30.3 Å². The second-order valence-corrected chi connectivity index (χ2v) is 5.80. The van der Waals surface area contributed by atoms with Gasteiger partial charge in [0.1, 0.15) is 0 Å². The highest BCUT2D eigenvalue weighted by molar-refractivity contribution is 5.76. The van der Waals surface area contributed by atoms with Gasteiger partial charge in [-0.05, 0) is 25.3 Å². The number of methoxy groups -OCH3 is 2. The van der Waals surface area contributed by atoms with Crippen LogP contribution in [-0.4, -0.2) is 57.1 Å². The van der Waals surface area contributed by atoms with Crippen LogP contribution in [-0.2, 0) is 25.4 Å². The van der Waals surface area contributed by atoms with Gasteiger partial charge < -0.3 is 19.1 Å². The molecule has 1 amide bonds. The number of rotatable bonds is 12. The van der Waals surface area contributed by atoms with Crippen molar-refractivity contribution in [2.24, 2.45) is 0 Å². The van der Waals surface area contributed by atoms with E-state index in [0.717, 1.165) is 12.8 Å². The van der Waals surface area contributed by atoms with Crippen LogP contribution in [0, 0.1) is 0 Å². The van der Waals surface area contributed by atoms with Gasteiger partial charge in [-0.3, -0.25) is 4.79 Å². The molecule has 0 N–H and O–H groups in total. The molecule has 0 aromatic heterocycles.